The van der Waals surface area contributed by atoms with E-state index in [1.54, 1.807) is 4.90 Å². The van der Waals surface area contributed by atoms with Gasteiger partial charge in [0.15, 0.2) is 0 Å². The number of carbonyl (C=O) groups is 2. The Morgan fingerprint density at radius 2 is 1.76 bits per heavy atom. The van der Waals surface area contributed by atoms with Gasteiger partial charge >= 0.3 is 0 Å². The monoisotopic (exact) mass is 455 g/mol. The summed E-state index contributed by atoms with van der Waals surface area (Å²) in [6, 6.07) is 19.6. The summed E-state index contributed by atoms with van der Waals surface area (Å²) in [5.41, 5.74) is 2.72. The second-order valence-electron chi connectivity index (χ2n) is 9.06. The number of carbonyl (C=O) groups excluding carboxylic acids is 2. The van der Waals surface area contributed by atoms with E-state index in [0.717, 1.165) is 34.7 Å². The molecule has 1 aliphatic rings. The molecule has 7 nitrogen and oxygen atoms in total. The number of amides is 2. The molecule has 1 fully saturated rings. The minimum Gasteiger partial charge on any atom is -0.331 e. The first-order valence-corrected chi connectivity index (χ1v) is 11.7. The number of anilines is 1. The van der Waals surface area contributed by atoms with Gasteiger partial charge in [0.2, 0.25) is 11.8 Å². The highest BCUT2D eigenvalue weighted by atomic mass is 16.2. The predicted octanol–water partition coefficient (Wildman–Crippen LogP) is 4.32. The highest BCUT2D eigenvalue weighted by Crippen LogP contribution is 2.32. The van der Waals surface area contributed by atoms with Crippen molar-refractivity contribution in [2.45, 2.75) is 38.1 Å². The van der Waals surface area contributed by atoms with Gasteiger partial charge in [-0.1, -0.05) is 24.3 Å². The predicted molar refractivity (Wildman–Crippen MR) is 133 cm³/mol. The zero-order chi connectivity index (χ0) is 23.7. The maximum absolute atomic E-state index is 13.5. The summed E-state index contributed by atoms with van der Waals surface area (Å²) in [6.45, 7) is 2.46. The molecule has 1 saturated heterocycles. The second kappa shape index (κ2) is 8.82. The Kier molecular flexibility index (Phi) is 5.69. The molecular formula is C27H29N5O2. The topological polar surface area (TPSA) is 72.2 Å². The molecule has 1 atom stereocenters. The zero-order valence-electron chi connectivity index (χ0n) is 19.6. The van der Waals surface area contributed by atoms with Crippen molar-refractivity contribution >= 4 is 28.5 Å². The Hall–Kier alpha value is -3.87. The lowest BCUT2D eigenvalue weighted by Crippen LogP contribution is -2.53. The number of hydrogen-bond donors (Lipinski definition) is 1. The first-order valence-electron chi connectivity index (χ1n) is 11.7. The third-order valence-corrected chi connectivity index (χ3v) is 6.91. The molecule has 5 rings (SSSR count). The third kappa shape index (κ3) is 3.87. The van der Waals surface area contributed by atoms with Crippen LogP contribution in [0.4, 0.5) is 5.69 Å². The number of benzene rings is 2. The molecule has 2 aromatic heterocycles. The summed E-state index contributed by atoms with van der Waals surface area (Å²) in [4.78, 5) is 33.2. The Morgan fingerprint density at radius 1 is 1.03 bits per heavy atom. The third-order valence-electron chi connectivity index (χ3n) is 6.91. The number of likely N-dealkylation sites (tertiary alicyclic amines) is 1. The Morgan fingerprint density at radius 3 is 2.56 bits per heavy atom. The van der Waals surface area contributed by atoms with Crippen LogP contribution >= 0.6 is 0 Å². The van der Waals surface area contributed by atoms with E-state index in [4.69, 9.17) is 0 Å². The number of nitrogens with zero attached hydrogens (tertiary/aromatic N) is 4. The number of rotatable bonds is 6. The van der Waals surface area contributed by atoms with Crippen LogP contribution in [-0.2, 0) is 23.1 Å². The number of para-hydroxylation sites is 4. The average molecular weight is 456 g/mol. The van der Waals surface area contributed by atoms with Gasteiger partial charge in [0.25, 0.3) is 0 Å². The average Bonchev–Trinajstić information content (AvgIpc) is 3.58. The summed E-state index contributed by atoms with van der Waals surface area (Å²) < 4.78 is 4.00. The van der Waals surface area contributed by atoms with Gasteiger partial charge < -0.3 is 19.4 Å². The maximum atomic E-state index is 13.5. The first kappa shape index (κ1) is 21.9. The van der Waals surface area contributed by atoms with Crippen LogP contribution in [0.25, 0.3) is 16.7 Å². The van der Waals surface area contributed by atoms with Gasteiger partial charge in [-0.25, -0.2) is 4.98 Å². The summed E-state index contributed by atoms with van der Waals surface area (Å²) >= 11 is 0. The smallest absolute Gasteiger partial charge is 0.250 e. The number of imidazole rings is 1. The molecule has 1 N–H and O–H groups in total. The van der Waals surface area contributed by atoms with Crippen molar-refractivity contribution in [2.75, 3.05) is 11.9 Å². The van der Waals surface area contributed by atoms with Gasteiger partial charge in [0.1, 0.15) is 11.4 Å². The molecule has 1 aliphatic heterocycles. The quantitative estimate of drug-likeness (QED) is 0.471. The fourth-order valence-corrected chi connectivity index (χ4v) is 4.93. The number of fused-ring (bicyclic) bond motifs is 1. The minimum atomic E-state index is -0.882. The summed E-state index contributed by atoms with van der Waals surface area (Å²) in [7, 11) is 1.98. The van der Waals surface area contributed by atoms with Crippen molar-refractivity contribution in [2.24, 2.45) is 7.05 Å². The van der Waals surface area contributed by atoms with E-state index in [0.29, 0.717) is 25.8 Å². The lowest BCUT2D eigenvalue weighted by atomic mass is 9.96. The van der Waals surface area contributed by atoms with E-state index in [9.17, 15) is 9.59 Å². The minimum absolute atomic E-state index is 0.0131. The van der Waals surface area contributed by atoms with Crippen LogP contribution in [0.15, 0.2) is 73.1 Å². The van der Waals surface area contributed by atoms with Crippen LogP contribution in [0.3, 0.4) is 0 Å². The van der Waals surface area contributed by atoms with E-state index in [-0.39, 0.29) is 11.8 Å². The lowest BCUT2D eigenvalue weighted by molar-refractivity contribution is -0.141. The normalized spacial score (nSPS) is 17.9. The molecule has 3 heterocycles. The number of nitrogens with one attached hydrogen (secondary N) is 1. The molecule has 7 heteroatoms. The summed E-state index contributed by atoms with van der Waals surface area (Å²) in [5.74, 6) is 0.710. The fourth-order valence-electron chi connectivity index (χ4n) is 4.93. The highest BCUT2D eigenvalue weighted by molar-refractivity contribution is 6.01. The molecule has 0 spiro atoms. The molecule has 2 amide bonds. The SMILES string of the molecule is Cn1c(CCC(=O)N2CCC[C@@]2(C)C(=O)Nc2ccccc2-n2cccc2)nc2ccccc21. The van der Waals surface area contributed by atoms with Gasteiger partial charge in [-0.05, 0) is 56.2 Å². The first-order chi connectivity index (χ1) is 16.5. The standard InChI is InChI=1S/C27H29N5O2/c1-27(26(34)29-21-11-4-6-13-23(21)31-17-7-8-18-31)16-9-19-32(27)25(33)15-14-24-28-20-10-3-5-12-22(20)30(24)2/h3-8,10-13,17-18H,9,14-16,19H2,1-2H3,(H,29,34)/t27-/m0/s1. The van der Waals surface area contributed by atoms with Crippen LogP contribution < -0.4 is 5.32 Å². The largest absolute Gasteiger partial charge is 0.331 e. The van der Waals surface area contributed by atoms with Gasteiger partial charge in [-0.15, -0.1) is 0 Å². The maximum Gasteiger partial charge on any atom is 0.250 e. The van der Waals surface area contributed by atoms with Gasteiger partial charge in [0, 0.05) is 38.8 Å². The van der Waals surface area contributed by atoms with Crippen LogP contribution in [0.1, 0.15) is 32.0 Å². The molecule has 0 saturated carbocycles. The Balaban J connectivity index is 1.31. The van der Waals surface area contributed by atoms with E-state index in [2.05, 4.69) is 10.3 Å². The van der Waals surface area contributed by atoms with Crippen molar-refractivity contribution in [3.63, 3.8) is 0 Å². The number of aryl methyl sites for hydroxylation is 2. The molecule has 0 radical (unpaired) electrons. The van der Waals surface area contributed by atoms with Gasteiger partial charge in [-0.2, -0.15) is 0 Å². The van der Waals surface area contributed by atoms with E-state index in [1.807, 2.05) is 96.2 Å². The fraction of sp³-hybridized carbons (Fsp3) is 0.296. The second-order valence-corrected chi connectivity index (χ2v) is 9.06. The molecule has 0 aliphatic carbocycles. The van der Waals surface area contributed by atoms with E-state index < -0.39 is 5.54 Å². The van der Waals surface area contributed by atoms with Crippen LogP contribution in [0, 0.1) is 0 Å². The molecule has 0 bridgehead atoms. The molecule has 174 valence electrons. The number of aromatic nitrogens is 3. The highest BCUT2D eigenvalue weighted by Gasteiger charge is 2.45. The number of hydrogen-bond acceptors (Lipinski definition) is 3. The summed E-state index contributed by atoms with van der Waals surface area (Å²) in [6.07, 6.45) is 6.19. The van der Waals surface area contributed by atoms with Gasteiger partial charge in [0.05, 0.1) is 22.4 Å². The molecule has 0 unspecified atom stereocenters. The van der Waals surface area contributed by atoms with E-state index in [1.165, 1.54) is 0 Å². The molecule has 4 aromatic rings. The van der Waals surface area contributed by atoms with Crippen LogP contribution in [0.2, 0.25) is 0 Å². The zero-order valence-corrected chi connectivity index (χ0v) is 19.6. The van der Waals surface area contributed by atoms with Crippen LogP contribution in [0.5, 0.6) is 0 Å². The van der Waals surface area contributed by atoms with Gasteiger partial charge in [-0.3, -0.25) is 9.59 Å². The van der Waals surface area contributed by atoms with Crippen molar-refractivity contribution in [1.29, 1.82) is 0 Å². The van der Waals surface area contributed by atoms with Crippen molar-refractivity contribution in [1.82, 2.24) is 19.0 Å². The molecule has 2 aromatic carbocycles. The van der Waals surface area contributed by atoms with Crippen molar-refractivity contribution in [3.8, 4) is 5.69 Å². The lowest BCUT2D eigenvalue weighted by Gasteiger charge is -2.34. The molecular weight excluding hydrogens is 426 g/mol. The van der Waals surface area contributed by atoms with Crippen LogP contribution in [-0.4, -0.2) is 42.9 Å². The van der Waals surface area contributed by atoms with E-state index >= 15 is 0 Å². The Bertz CT molecular complexity index is 1340. The van der Waals surface area contributed by atoms with Crippen molar-refractivity contribution < 1.29 is 9.59 Å². The summed E-state index contributed by atoms with van der Waals surface area (Å²) in [5, 5.41) is 3.10. The van der Waals surface area contributed by atoms with Crippen molar-refractivity contribution in [3.05, 3.63) is 78.9 Å². The molecule has 34 heavy (non-hydrogen) atoms. The Labute approximate surface area is 199 Å².